The van der Waals surface area contributed by atoms with E-state index in [1.54, 1.807) is 24.3 Å². The highest BCUT2D eigenvalue weighted by atomic mass is 16.6. The van der Waals surface area contributed by atoms with Crippen molar-refractivity contribution in [2.75, 3.05) is 0 Å². The zero-order valence-electron chi connectivity index (χ0n) is 8.83. The second-order valence-corrected chi connectivity index (χ2v) is 3.52. The van der Waals surface area contributed by atoms with Crippen molar-refractivity contribution in [3.05, 3.63) is 48.5 Å². The average Bonchev–Trinajstić information content (AvgIpc) is 2.74. The SMILES string of the molecule is Oc1ccccc1Oc1nc2ccccc2o1. The van der Waals surface area contributed by atoms with Gasteiger partial charge in [-0.15, -0.1) is 0 Å². The summed E-state index contributed by atoms with van der Waals surface area (Å²) in [5.74, 6) is 0.369. The van der Waals surface area contributed by atoms with Crippen LogP contribution in [0.2, 0.25) is 0 Å². The molecule has 84 valence electrons. The molecule has 0 unspecified atom stereocenters. The molecule has 2 aromatic carbocycles. The van der Waals surface area contributed by atoms with Crippen molar-refractivity contribution in [1.29, 1.82) is 0 Å². The van der Waals surface area contributed by atoms with Gasteiger partial charge in [-0.05, 0) is 24.3 Å². The Morgan fingerprint density at radius 3 is 2.59 bits per heavy atom. The number of hydrogen-bond donors (Lipinski definition) is 1. The van der Waals surface area contributed by atoms with Gasteiger partial charge in [0.25, 0.3) is 0 Å². The largest absolute Gasteiger partial charge is 0.504 e. The Morgan fingerprint density at radius 1 is 1.00 bits per heavy atom. The summed E-state index contributed by atoms with van der Waals surface area (Å²) < 4.78 is 10.7. The fourth-order valence-electron chi connectivity index (χ4n) is 1.53. The number of oxazole rings is 1. The minimum Gasteiger partial charge on any atom is -0.504 e. The second-order valence-electron chi connectivity index (χ2n) is 3.52. The van der Waals surface area contributed by atoms with Crippen LogP contribution in [0.3, 0.4) is 0 Å². The van der Waals surface area contributed by atoms with E-state index in [9.17, 15) is 5.11 Å². The van der Waals surface area contributed by atoms with Crippen molar-refractivity contribution in [3.8, 4) is 17.6 Å². The molecule has 0 saturated heterocycles. The Kier molecular flexibility index (Phi) is 2.19. The van der Waals surface area contributed by atoms with Crippen molar-refractivity contribution in [3.63, 3.8) is 0 Å². The lowest BCUT2D eigenvalue weighted by molar-refractivity contribution is 0.325. The number of aromatic hydroxyl groups is 1. The van der Waals surface area contributed by atoms with Crippen molar-refractivity contribution < 1.29 is 14.3 Å². The number of rotatable bonds is 2. The van der Waals surface area contributed by atoms with Gasteiger partial charge in [-0.2, -0.15) is 4.98 Å². The molecule has 1 heterocycles. The van der Waals surface area contributed by atoms with Gasteiger partial charge in [0.2, 0.25) is 0 Å². The lowest BCUT2D eigenvalue weighted by Crippen LogP contribution is -1.83. The van der Waals surface area contributed by atoms with Crippen LogP contribution in [-0.2, 0) is 0 Å². The molecule has 0 radical (unpaired) electrons. The van der Waals surface area contributed by atoms with E-state index in [0.29, 0.717) is 11.3 Å². The second kappa shape index (κ2) is 3.83. The lowest BCUT2D eigenvalue weighted by atomic mass is 10.3. The molecule has 0 bridgehead atoms. The molecule has 0 atom stereocenters. The topological polar surface area (TPSA) is 55.5 Å². The molecule has 3 rings (SSSR count). The van der Waals surface area contributed by atoms with Gasteiger partial charge < -0.3 is 14.3 Å². The molecular formula is C13H9NO3. The number of ether oxygens (including phenoxy) is 1. The van der Waals surface area contributed by atoms with Crippen LogP contribution in [-0.4, -0.2) is 10.1 Å². The zero-order chi connectivity index (χ0) is 11.7. The molecule has 0 saturated carbocycles. The maximum atomic E-state index is 9.55. The Hall–Kier alpha value is -2.49. The summed E-state index contributed by atoms with van der Waals surface area (Å²) in [7, 11) is 0. The summed E-state index contributed by atoms with van der Waals surface area (Å²) >= 11 is 0. The van der Waals surface area contributed by atoms with E-state index in [0.717, 1.165) is 5.52 Å². The van der Waals surface area contributed by atoms with Gasteiger partial charge in [-0.3, -0.25) is 0 Å². The van der Waals surface area contributed by atoms with Gasteiger partial charge in [0.15, 0.2) is 17.1 Å². The molecule has 0 aliphatic heterocycles. The van der Waals surface area contributed by atoms with Crippen LogP contribution < -0.4 is 4.74 Å². The third-order valence-corrected chi connectivity index (χ3v) is 2.34. The number of nitrogens with zero attached hydrogens (tertiary/aromatic N) is 1. The molecule has 0 spiro atoms. The van der Waals surface area contributed by atoms with E-state index in [-0.39, 0.29) is 11.8 Å². The van der Waals surface area contributed by atoms with Crippen molar-refractivity contribution >= 4 is 11.1 Å². The monoisotopic (exact) mass is 227 g/mol. The van der Waals surface area contributed by atoms with Gasteiger partial charge >= 0.3 is 6.08 Å². The predicted molar refractivity (Wildman–Crippen MR) is 62.2 cm³/mol. The molecule has 17 heavy (non-hydrogen) atoms. The van der Waals surface area contributed by atoms with Gasteiger partial charge in [0.1, 0.15) is 5.52 Å². The smallest absolute Gasteiger partial charge is 0.400 e. The number of hydrogen-bond acceptors (Lipinski definition) is 4. The number of para-hydroxylation sites is 4. The summed E-state index contributed by atoms with van der Waals surface area (Å²) in [4.78, 5) is 4.15. The van der Waals surface area contributed by atoms with Crippen LogP contribution in [0, 0.1) is 0 Å². The molecule has 0 aliphatic carbocycles. The van der Waals surface area contributed by atoms with E-state index in [1.807, 2.05) is 18.2 Å². The molecule has 0 amide bonds. The molecule has 0 aliphatic rings. The number of phenols is 1. The Labute approximate surface area is 97.1 Å². The summed E-state index contributed by atoms with van der Waals surface area (Å²) in [6, 6.07) is 14.0. The first-order chi connectivity index (χ1) is 8.33. The Bertz CT molecular complexity index is 627. The predicted octanol–water partition coefficient (Wildman–Crippen LogP) is 3.33. The van der Waals surface area contributed by atoms with Gasteiger partial charge in [0.05, 0.1) is 0 Å². The van der Waals surface area contributed by atoms with Crippen molar-refractivity contribution in [2.24, 2.45) is 0 Å². The highest BCUT2D eigenvalue weighted by Crippen LogP contribution is 2.30. The first-order valence-corrected chi connectivity index (χ1v) is 5.14. The van der Waals surface area contributed by atoms with Gasteiger partial charge in [-0.1, -0.05) is 24.3 Å². The van der Waals surface area contributed by atoms with E-state index in [1.165, 1.54) is 6.07 Å². The summed E-state index contributed by atoms with van der Waals surface area (Å²) in [6.45, 7) is 0. The minimum atomic E-state index is 0.0507. The fourth-order valence-corrected chi connectivity index (χ4v) is 1.53. The lowest BCUT2D eigenvalue weighted by Gasteiger charge is -2.01. The molecule has 1 aromatic heterocycles. The van der Waals surface area contributed by atoms with Crippen LogP contribution in [0.1, 0.15) is 0 Å². The van der Waals surface area contributed by atoms with E-state index in [4.69, 9.17) is 9.15 Å². The van der Waals surface area contributed by atoms with Crippen LogP contribution in [0.25, 0.3) is 11.1 Å². The quantitative estimate of drug-likeness (QED) is 0.729. The highest BCUT2D eigenvalue weighted by Gasteiger charge is 2.09. The number of aromatic nitrogens is 1. The maximum absolute atomic E-state index is 9.55. The van der Waals surface area contributed by atoms with Crippen LogP contribution in [0.5, 0.6) is 17.6 Å². The van der Waals surface area contributed by atoms with Crippen LogP contribution in [0.4, 0.5) is 0 Å². The van der Waals surface area contributed by atoms with Crippen LogP contribution >= 0.6 is 0 Å². The van der Waals surface area contributed by atoms with E-state index in [2.05, 4.69) is 4.98 Å². The highest BCUT2D eigenvalue weighted by molar-refractivity contribution is 5.72. The molecule has 3 aromatic rings. The third kappa shape index (κ3) is 1.80. The number of benzene rings is 2. The normalized spacial score (nSPS) is 10.6. The Balaban J connectivity index is 1.98. The molecule has 0 fully saturated rings. The van der Waals surface area contributed by atoms with Crippen molar-refractivity contribution in [1.82, 2.24) is 4.98 Å². The number of fused-ring (bicyclic) bond motifs is 1. The van der Waals surface area contributed by atoms with E-state index < -0.39 is 0 Å². The average molecular weight is 227 g/mol. The molecule has 4 nitrogen and oxygen atoms in total. The van der Waals surface area contributed by atoms with Gasteiger partial charge in [-0.25, -0.2) is 0 Å². The van der Waals surface area contributed by atoms with E-state index >= 15 is 0 Å². The first-order valence-electron chi connectivity index (χ1n) is 5.14. The maximum Gasteiger partial charge on any atom is 0.400 e. The Morgan fingerprint density at radius 2 is 1.76 bits per heavy atom. The third-order valence-electron chi connectivity index (χ3n) is 2.34. The molecular weight excluding hydrogens is 218 g/mol. The van der Waals surface area contributed by atoms with Gasteiger partial charge in [0, 0.05) is 0 Å². The summed E-state index contributed by atoms with van der Waals surface area (Å²) in [5, 5.41) is 9.55. The minimum absolute atomic E-state index is 0.0507. The summed E-state index contributed by atoms with van der Waals surface area (Å²) in [5.41, 5.74) is 1.37. The summed E-state index contributed by atoms with van der Waals surface area (Å²) in [6.07, 6.45) is 0.118. The molecule has 4 heteroatoms. The van der Waals surface area contributed by atoms with Crippen molar-refractivity contribution in [2.45, 2.75) is 0 Å². The standard InChI is InChI=1S/C13H9NO3/c15-10-6-2-4-8-12(10)17-13-14-9-5-1-3-7-11(9)16-13/h1-8,15H. The zero-order valence-corrected chi connectivity index (χ0v) is 8.83. The first kappa shape index (κ1) is 9.72. The number of phenolic OH excluding ortho intramolecular Hbond substituents is 1. The fraction of sp³-hybridized carbons (Fsp3) is 0. The molecule has 1 N–H and O–H groups in total. The van der Waals surface area contributed by atoms with Crippen LogP contribution in [0.15, 0.2) is 52.9 Å².